The molecule has 15 heteroatoms. The van der Waals surface area contributed by atoms with E-state index in [2.05, 4.69) is 10.1 Å². The Kier molecular flexibility index (Phi) is 8.07. The van der Waals surface area contributed by atoms with Crippen molar-refractivity contribution in [2.75, 3.05) is 11.9 Å². The highest BCUT2D eigenvalue weighted by Gasteiger charge is 2.37. The number of para-hydroxylation sites is 1. The van der Waals surface area contributed by atoms with Crippen LogP contribution in [0.3, 0.4) is 0 Å². The van der Waals surface area contributed by atoms with Crippen molar-refractivity contribution in [1.82, 2.24) is 4.31 Å². The lowest BCUT2D eigenvalue weighted by Crippen LogP contribution is -2.37. The van der Waals surface area contributed by atoms with Crippen LogP contribution in [0, 0.1) is 5.82 Å². The largest absolute Gasteiger partial charge is 0.573 e. The van der Waals surface area contributed by atoms with Crippen LogP contribution in [-0.4, -0.2) is 31.5 Å². The Bertz CT molecular complexity index is 1560. The average Bonchev–Trinajstić information content (AvgIpc) is 2.85. The third-order valence-corrected chi connectivity index (χ3v) is 8.21. The molecular weight excluding hydrogens is 593 g/mol. The van der Waals surface area contributed by atoms with Gasteiger partial charge >= 0.3 is 12.5 Å². The molecule has 0 spiro atoms. The molecule has 0 unspecified atom stereocenters. The fourth-order valence-electron chi connectivity index (χ4n) is 4.25. The van der Waals surface area contributed by atoms with Crippen LogP contribution >= 0.6 is 11.6 Å². The normalized spacial score (nSPS) is 14.5. The molecule has 0 atom stereocenters. The average molecular weight is 611 g/mol. The number of amides is 1. The van der Waals surface area contributed by atoms with Gasteiger partial charge in [-0.2, -0.15) is 17.5 Å². The summed E-state index contributed by atoms with van der Waals surface area (Å²) < 4.78 is 123. The Morgan fingerprint density at radius 2 is 1.70 bits per heavy atom. The van der Waals surface area contributed by atoms with Gasteiger partial charge in [-0.25, -0.2) is 12.8 Å². The van der Waals surface area contributed by atoms with Crippen LogP contribution in [0.4, 0.5) is 36.4 Å². The first-order valence-electron chi connectivity index (χ1n) is 11.4. The zero-order chi connectivity index (χ0) is 29.5. The van der Waals surface area contributed by atoms with Crippen molar-refractivity contribution < 1.29 is 48.7 Å². The summed E-state index contributed by atoms with van der Waals surface area (Å²) in [6.45, 7) is -0.499. The van der Waals surface area contributed by atoms with Crippen LogP contribution in [0.15, 0.2) is 59.5 Å². The molecule has 0 saturated carbocycles. The minimum atomic E-state index is -5.12. The second-order valence-electron chi connectivity index (χ2n) is 8.64. The maximum atomic E-state index is 14.4. The first-order chi connectivity index (χ1) is 18.6. The molecule has 0 saturated heterocycles. The summed E-state index contributed by atoms with van der Waals surface area (Å²) in [5.41, 5.74) is -1.17. The number of carbonyl (C=O) groups excluding carboxylic acids is 1. The molecule has 0 aromatic heterocycles. The van der Waals surface area contributed by atoms with Gasteiger partial charge in [0.15, 0.2) is 0 Å². The topological polar surface area (TPSA) is 75.7 Å². The van der Waals surface area contributed by atoms with E-state index in [0.717, 1.165) is 28.6 Å². The van der Waals surface area contributed by atoms with Gasteiger partial charge in [-0.15, -0.1) is 13.2 Å². The number of fused-ring (bicyclic) bond motifs is 1. The maximum absolute atomic E-state index is 14.4. The lowest BCUT2D eigenvalue weighted by molar-refractivity contribution is -0.275. The maximum Gasteiger partial charge on any atom is 0.573 e. The molecular formula is C25H18ClF7N2O4S. The molecule has 1 amide bonds. The predicted molar refractivity (Wildman–Crippen MR) is 130 cm³/mol. The number of sulfonamides is 1. The smallest absolute Gasteiger partial charge is 0.404 e. The van der Waals surface area contributed by atoms with Gasteiger partial charge in [0, 0.05) is 13.1 Å². The number of anilines is 1. The third-order valence-electron chi connectivity index (χ3n) is 6.01. The zero-order valence-electron chi connectivity index (χ0n) is 20.0. The van der Waals surface area contributed by atoms with Crippen LogP contribution in [0.5, 0.6) is 5.75 Å². The minimum absolute atomic E-state index is 0.0229. The molecule has 3 aromatic carbocycles. The van der Waals surface area contributed by atoms with E-state index in [0.29, 0.717) is 17.2 Å². The van der Waals surface area contributed by atoms with Crippen molar-refractivity contribution in [3.8, 4) is 5.75 Å². The Balaban J connectivity index is 1.57. The Morgan fingerprint density at radius 3 is 2.38 bits per heavy atom. The molecule has 0 radical (unpaired) electrons. The second kappa shape index (κ2) is 10.9. The summed E-state index contributed by atoms with van der Waals surface area (Å²) in [7, 11) is -4.46. The highest BCUT2D eigenvalue weighted by Crippen LogP contribution is 2.37. The molecule has 0 aliphatic carbocycles. The van der Waals surface area contributed by atoms with E-state index in [9.17, 15) is 43.9 Å². The van der Waals surface area contributed by atoms with Crippen LogP contribution in [0.1, 0.15) is 22.3 Å². The van der Waals surface area contributed by atoms with Crippen molar-refractivity contribution in [2.45, 2.75) is 36.8 Å². The standard InChI is InChI=1S/C25H18ClF7N2O4S/c26-18-9-8-15-13-35(40(37,38)20-7-2-1-6-19(20)39-25(31,32)33)11-10-16(15)23(18)34-21(36)12-14-4-3-5-17(22(14)27)24(28,29)30/h1-9H,10-13H2,(H,34,36). The zero-order valence-corrected chi connectivity index (χ0v) is 21.6. The lowest BCUT2D eigenvalue weighted by Gasteiger charge is -2.30. The Hall–Kier alpha value is -3.36. The number of alkyl halides is 6. The second-order valence-corrected chi connectivity index (χ2v) is 11.0. The van der Waals surface area contributed by atoms with Gasteiger partial charge in [0.1, 0.15) is 16.5 Å². The molecule has 0 bridgehead atoms. The van der Waals surface area contributed by atoms with E-state index in [1.165, 1.54) is 24.3 Å². The van der Waals surface area contributed by atoms with Gasteiger partial charge < -0.3 is 10.1 Å². The SMILES string of the molecule is O=C(Cc1cccc(C(F)(F)F)c1F)Nc1c(Cl)ccc2c1CCN(S(=O)(=O)c1ccccc1OC(F)(F)F)C2. The lowest BCUT2D eigenvalue weighted by atomic mass is 9.98. The van der Waals surface area contributed by atoms with Crippen LogP contribution in [0.25, 0.3) is 0 Å². The minimum Gasteiger partial charge on any atom is -0.404 e. The Labute approximate surface area is 228 Å². The van der Waals surface area contributed by atoms with Crippen molar-refractivity contribution in [2.24, 2.45) is 0 Å². The highest BCUT2D eigenvalue weighted by molar-refractivity contribution is 7.89. The number of carbonyl (C=O) groups is 1. The fourth-order valence-corrected chi connectivity index (χ4v) is 6.00. The first kappa shape index (κ1) is 29.6. The van der Waals surface area contributed by atoms with E-state index < -0.39 is 62.5 Å². The number of nitrogens with zero attached hydrogens (tertiary/aromatic N) is 1. The van der Waals surface area contributed by atoms with Gasteiger partial charge in [-0.05, 0) is 47.4 Å². The van der Waals surface area contributed by atoms with Crippen molar-refractivity contribution in [3.05, 3.63) is 87.7 Å². The number of rotatable bonds is 6. The van der Waals surface area contributed by atoms with E-state index in [1.54, 1.807) is 0 Å². The fraction of sp³-hybridized carbons (Fsp3) is 0.240. The summed E-state index contributed by atoms with van der Waals surface area (Å²) in [4.78, 5) is 12.0. The molecule has 1 aliphatic rings. The van der Waals surface area contributed by atoms with Gasteiger partial charge in [-0.1, -0.05) is 41.9 Å². The molecule has 1 N–H and O–H groups in total. The molecule has 6 nitrogen and oxygen atoms in total. The summed E-state index contributed by atoms with van der Waals surface area (Å²) >= 11 is 6.24. The summed E-state index contributed by atoms with van der Waals surface area (Å²) in [5, 5.41) is 2.50. The third kappa shape index (κ3) is 6.34. The van der Waals surface area contributed by atoms with Crippen LogP contribution < -0.4 is 10.1 Å². The molecule has 4 rings (SSSR count). The van der Waals surface area contributed by atoms with Crippen molar-refractivity contribution in [1.29, 1.82) is 0 Å². The van der Waals surface area contributed by atoms with Crippen molar-refractivity contribution >= 4 is 33.2 Å². The van der Waals surface area contributed by atoms with Gasteiger partial charge in [0.05, 0.1) is 22.7 Å². The summed E-state index contributed by atoms with van der Waals surface area (Å²) in [5.74, 6) is -3.35. The number of hydrogen-bond donors (Lipinski definition) is 1. The van der Waals surface area contributed by atoms with E-state index in [-0.39, 0.29) is 30.2 Å². The summed E-state index contributed by atoms with van der Waals surface area (Å²) in [6, 6.07) is 9.66. The molecule has 1 heterocycles. The van der Waals surface area contributed by atoms with Crippen LogP contribution in [-0.2, 0) is 40.4 Å². The number of benzene rings is 3. The van der Waals surface area contributed by atoms with Crippen LogP contribution in [0.2, 0.25) is 5.02 Å². The van der Waals surface area contributed by atoms with E-state index in [1.807, 2.05) is 0 Å². The number of hydrogen-bond acceptors (Lipinski definition) is 4. The highest BCUT2D eigenvalue weighted by atomic mass is 35.5. The Morgan fingerprint density at radius 1 is 1.00 bits per heavy atom. The predicted octanol–water partition coefficient (Wildman–Crippen LogP) is 6.32. The molecule has 40 heavy (non-hydrogen) atoms. The molecule has 1 aliphatic heterocycles. The van der Waals surface area contributed by atoms with Gasteiger partial charge in [-0.3, -0.25) is 4.79 Å². The number of ether oxygens (including phenoxy) is 1. The summed E-state index contributed by atoms with van der Waals surface area (Å²) in [6.07, 6.45) is -10.8. The number of nitrogens with one attached hydrogen (secondary N) is 1. The van der Waals surface area contributed by atoms with Gasteiger partial charge in [0.25, 0.3) is 0 Å². The van der Waals surface area contributed by atoms with Crippen molar-refractivity contribution in [3.63, 3.8) is 0 Å². The van der Waals surface area contributed by atoms with E-state index >= 15 is 0 Å². The molecule has 0 fully saturated rings. The monoisotopic (exact) mass is 610 g/mol. The van der Waals surface area contributed by atoms with E-state index in [4.69, 9.17) is 11.6 Å². The van der Waals surface area contributed by atoms with Gasteiger partial charge in [0.2, 0.25) is 15.9 Å². The first-order valence-corrected chi connectivity index (χ1v) is 13.2. The number of halogens is 8. The molecule has 214 valence electrons. The molecule has 3 aromatic rings. The quantitative estimate of drug-likeness (QED) is 0.331.